The van der Waals surface area contributed by atoms with Crippen LogP contribution in [0.25, 0.3) is 0 Å². The van der Waals surface area contributed by atoms with Crippen LogP contribution in [0.3, 0.4) is 0 Å². The van der Waals surface area contributed by atoms with Crippen molar-refractivity contribution in [1.29, 1.82) is 0 Å². The van der Waals surface area contributed by atoms with Crippen LogP contribution in [0.1, 0.15) is 20.3 Å². The topological polar surface area (TPSA) is 33.7 Å². The van der Waals surface area contributed by atoms with Gasteiger partial charge in [0.1, 0.15) is 0 Å². The van der Waals surface area contributed by atoms with E-state index in [9.17, 15) is 0 Å². The molecule has 4 nitrogen and oxygen atoms in total. The van der Waals surface area contributed by atoms with E-state index in [-0.39, 0.29) is 11.6 Å². The predicted molar refractivity (Wildman–Crippen MR) is 65.8 cm³/mol. The van der Waals surface area contributed by atoms with Gasteiger partial charge in [-0.2, -0.15) is 0 Å². The average Bonchev–Trinajstić information content (AvgIpc) is 2.29. The van der Waals surface area contributed by atoms with Gasteiger partial charge in [0.15, 0.2) is 0 Å². The Bertz CT molecular complexity index is 201. The largest absolute Gasteiger partial charge is 0.382 e. The summed E-state index contributed by atoms with van der Waals surface area (Å²) in [5.41, 5.74) is 0.254. The highest BCUT2D eigenvalue weighted by molar-refractivity contribution is 4.90. The van der Waals surface area contributed by atoms with Crippen molar-refractivity contribution in [2.75, 3.05) is 47.0 Å². The Morgan fingerprint density at radius 3 is 2.75 bits per heavy atom. The van der Waals surface area contributed by atoms with Gasteiger partial charge in [-0.15, -0.1) is 0 Å². The molecule has 0 bridgehead atoms. The van der Waals surface area contributed by atoms with Crippen molar-refractivity contribution in [3.8, 4) is 0 Å². The van der Waals surface area contributed by atoms with Crippen LogP contribution < -0.4 is 5.32 Å². The second-order valence-electron chi connectivity index (χ2n) is 4.89. The summed E-state index contributed by atoms with van der Waals surface area (Å²) in [5.74, 6) is 0. The SMILES string of the molecule is CCC1(C)CN(CC(COC)OC)CCN1. The zero-order chi connectivity index (χ0) is 12.0. The van der Waals surface area contributed by atoms with Crippen molar-refractivity contribution >= 4 is 0 Å². The molecule has 1 heterocycles. The Morgan fingerprint density at radius 2 is 2.19 bits per heavy atom. The molecule has 96 valence electrons. The molecule has 1 N–H and O–H groups in total. The molecule has 1 fully saturated rings. The van der Waals surface area contributed by atoms with Crippen molar-refractivity contribution < 1.29 is 9.47 Å². The van der Waals surface area contributed by atoms with Crippen LogP contribution in [-0.2, 0) is 9.47 Å². The van der Waals surface area contributed by atoms with Gasteiger partial charge in [-0.1, -0.05) is 6.92 Å². The van der Waals surface area contributed by atoms with Gasteiger partial charge in [0, 0.05) is 45.9 Å². The first-order chi connectivity index (χ1) is 7.63. The molecule has 1 aliphatic heterocycles. The number of nitrogens with zero attached hydrogens (tertiary/aromatic N) is 1. The third kappa shape index (κ3) is 4.01. The van der Waals surface area contributed by atoms with Gasteiger partial charge < -0.3 is 14.8 Å². The van der Waals surface area contributed by atoms with Gasteiger partial charge in [0.05, 0.1) is 12.7 Å². The molecule has 0 aliphatic carbocycles. The Hall–Kier alpha value is -0.160. The van der Waals surface area contributed by atoms with Gasteiger partial charge in [0.2, 0.25) is 0 Å². The van der Waals surface area contributed by atoms with Gasteiger partial charge in [-0.3, -0.25) is 4.90 Å². The summed E-state index contributed by atoms with van der Waals surface area (Å²) in [6.07, 6.45) is 1.34. The minimum Gasteiger partial charge on any atom is -0.382 e. The first kappa shape index (κ1) is 13.9. The molecule has 1 aliphatic rings. The lowest BCUT2D eigenvalue weighted by Gasteiger charge is -2.42. The van der Waals surface area contributed by atoms with Crippen LogP contribution in [0.5, 0.6) is 0 Å². The third-order valence-electron chi connectivity index (χ3n) is 3.48. The van der Waals surface area contributed by atoms with Gasteiger partial charge in [-0.25, -0.2) is 0 Å². The van der Waals surface area contributed by atoms with E-state index < -0.39 is 0 Å². The Labute approximate surface area is 99.3 Å². The molecular formula is C12H26N2O2. The molecule has 0 aromatic carbocycles. The number of hydrogen-bond donors (Lipinski definition) is 1. The highest BCUT2D eigenvalue weighted by Gasteiger charge is 2.29. The lowest BCUT2D eigenvalue weighted by atomic mass is 9.96. The Balaban J connectivity index is 2.41. The Morgan fingerprint density at radius 1 is 1.44 bits per heavy atom. The molecule has 0 aromatic rings. The zero-order valence-electron chi connectivity index (χ0n) is 11.1. The number of ether oxygens (including phenoxy) is 2. The highest BCUT2D eigenvalue weighted by atomic mass is 16.5. The lowest BCUT2D eigenvalue weighted by Crippen LogP contribution is -2.59. The molecule has 0 saturated carbocycles. The summed E-state index contributed by atoms with van der Waals surface area (Å²) in [4.78, 5) is 2.47. The summed E-state index contributed by atoms with van der Waals surface area (Å²) in [5, 5.41) is 3.58. The van der Waals surface area contributed by atoms with Gasteiger partial charge in [0.25, 0.3) is 0 Å². The summed E-state index contributed by atoms with van der Waals surface area (Å²) in [7, 11) is 3.48. The summed E-state index contributed by atoms with van der Waals surface area (Å²) >= 11 is 0. The number of methoxy groups -OCH3 is 2. The van der Waals surface area contributed by atoms with E-state index in [1.165, 1.54) is 0 Å². The molecule has 0 spiro atoms. The smallest absolute Gasteiger partial charge is 0.0931 e. The van der Waals surface area contributed by atoms with E-state index in [0.29, 0.717) is 6.61 Å². The quantitative estimate of drug-likeness (QED) is 0.729. The predicted octanol–water partition coefficient (Wildman–Crippen LogP) is 0.722. The Kier molecular flexibility index (Phi) is 5.69. The lowest BCUT2D eigenvalue weighted by molar-refractivity contribution is -0.00442. The van der Waals surface area contributed by atoms with Crippen molar-refractivity contribution in [2.45, 2.75) is 31.9 Å². The fourth-order valence-corrected chi connectivity index (χ4v) is 2.21. The van der Waals surface area contributed by atoms with Crippen LogP contribution >= 0.6 is 0 Å². The highest BCUT2D eigenvalue weighted by Crippen LogP contribution is 2.15. The van der Waals surface area contributed by atoms with Crippen LogP contribution in [0.2, 0.25) is 0 Å². The molecule has 16 heavy (non-hydrogen) atoms. The van der Waals surface area contributed by atoms with Gasteiger partial charge >= 0.3 is 0 Å². The van der Waals surface area contributed by atoms with E-state index in [0.717, 1.165) is 32.6 Å². The molecule has 0 aromatic heterocycles. The maximum Gasteiger partial charge on any atom is 0.0931 e. The standard InChI is InChI=1S/C12H26N2O2/c1-5-12(2)10-14(7-6-13-12)8-11(16-4)9-15-3/h11,13H,5-10H2,1-4H3. The summed E-state index contributed by atoms with van der Waals surface area (Å²) in [6, 6.07) is 0. The van der Waals surface area contributed by atoms with E-state index in [2.05, 4.69) is 24.1 Å². The molecule has 2 atom stereocenters. The molecule has 1 saturated heterocycles. The van der Waals surface area contributed by atoms with Crippen molar-refractivity contribution in [1.82, 2.24) is 10.2 Å². The maximum atomic E-state index is 5.41. The van der Waals surface area contributed by atoms with Crippen LogP contribution in [0, 0.1) is 0 Å². The molecule has 1 rings (SSSR count). The average molecular weight is 230 g/mol. The minimum atomic E-state index is 0.184. The fraction of sp³-hybridized carbons (Fsp3) is 1.00. The summed E-state index contributed by atoms with van der Waals surface area (Å²) in [6.45, 7) is 9.40. The molecule has 2 unspecified atom stereocenters. The first-order valence-electron chi connectivity index (χ1n) is 6.12. The van der Waals surface area contributed by atoms with Crippen molar-refractivity contribution in [3.05, 3.63) is 0 Å². The third-order valence-corrected chi connectivity index (χ3v) is 3.48. The molecule has 0 amide bonds. The zero-order valence-corrected chi connectivity index (χ0v) is 11.1. The number of piperazine rings is 1. The van der Waals surface area contributed by atoms with Crippen LogP contribution in [0.15, 0.2) is 0 Å². The minimum absolute atomic E-state index is 0.184. The molecule has 4 heteroatoms. The van der Waals surface area contributed by atoms with Crippen molar-refractivity contribution in [3.63, 3.8) is 0 Å². The van der Waals surface area contributed by atoms with E-state index >= 15 is 0 Å². The summed E-state index contributed by atoms with van der Waals surface area (Å²) < 4.78 is 10.6. The maximum absolute atomic E-state index is 5.41. The van der Waals surface area contributed by atoms with Gasteiger partial charge in [-0.05, 0) is 13.3 Å². The number of rotatable bonds is 6. The van der Waals surface area contributed by atoms with E-state index in [1.54, 1.807) is 14.2 Å². The number of nitrogens with one attached hydrogen (secondary N) is 1. The normalized spacial score (nSPS) is 29.2. The fourth-order valence-electron chi connectivity index (χ4n) is 2.21. The van der Waals surface area contributed by atoms with E-state index in [1.807, 2.05) is 0 Å². The second kappa shape index (κ2) is 6.55. The monoisotopic (exact) mass is 230 g/mol. The first-order valence-corrected chi connectivity index (χ1v) is 6.12. The number of hydrogen-bond acceptors (Lipinski definition) is 4. The molecular weight excluding hydrogens is 204 g/mol. The van der Waals surface area contributed by atoms with Crippen molar-refractivity contribution in [2.24, 2.45) is 0 Å². The van der Waals surface area contributed by atoms with Crippen LogP contribution in [0.4, 0.5) is 0 Å². The van der Waals surface area contributed by atoms with Crippen LogP contribution in [-0.4, -0.2) is 63.5 Å². The van der Waals surface area contributed by atoms with E-state index in [4.69, 9.17) is 9.47 Å². The molecule has 0 radical (unpaired) electrons. The second-order valence-corrected chi connectivity index (χ2v) is 4.89.